The molecule has 144 valence electrons. The van der Waals surface area contributed by atoms with Crippen LogP contribution in [0.1, 0.15) is 32.9 Å². The molecule has 28 heavy (non-hydrogen) atoms. The molecule has 3 heterocycles. The Balaban J connectivity index is 1.50. The van der Waals surface area contributed by atoms with Crippen molar-refractivity contribution >= 4 is 11.9 Å². The third-order valence-electron chi connectivity index (χ3n) is 5.02. The minimum absolute atomic E-state index is 0.164. The molecule has 0 fully saturated rings. The summed E-state index contributed by atoms with van der Waals surface area (Å²) < 4.78 is 15.6. The second-order valence-electron chi connectivity index (χ2n) is 6.86. The largest absolute Gasteiger partial charge is 0.348 e. The first-order chi connectivity index (χ1) is 13.5. The van der Waals surface area contributed by atoms with Crippen molar-refractivity contribution < 1.29 is 9.18 Å². The Morgan fingerprint density at radius 3 is 2.82 bits per heavy atom. The normalized spacial score (nSPS) is 13.3. The van der Waals surface area contributed by atoms with Gasteiger partial charge in [0.15, 0.2) is 0 Å². The molecule has 1 aromatic carbocycles. The average Bonchev–Trinajstić information content (AvgIpc) is 3.04. The van der Waals surface area contributed by atoms with Gasteiger partial charge in [0.25, 0.3) is 5.91 Å². The van der Waals surface area contributed by atoms with Crippen LogP contribution in [-0.4, -0.2) is 37.1 Å². The molecule has 0 saturated carbocycles. The van der Waals surface area contributed by atoms with Gasteiger partial charge in [-0.15, -0.1) is 0 Å². The molecule has 1 amide bonds. The van der Waals surface area contributed by atoms with E-state index in [0.717, 1.165) is 17.0 Å². The van der Waals surface area contributed by atoms with Crippen molar-refractivity contribution in [3.63, 3.8) is 0 Å². The second kappa shape index (κ2) is 7.38. The number of hydrogen-bond acceptors (Lipinski definition) is 5. The summed E-state index contributed by atoms with van der Waals surface area (Å²) in [7, 11) is 1.88. The van der Waals surface area contributed by atoms with Crippen LogP contribution < -0.4 is 5.32 Å². The van der Waals surface area contributed by atoms with Gasteiger partial charge in [-0.05, 0) is 37.1 Å². The fraction of sp³-hybridized carbons (Fsp3) is 0.300. The summed E-state index contributed by atoms with van der Waals surface area (Å²) in [4.78, 5) is 22.9. The molecule has 0 atom stereocenters. The second-order valence-corrected chi connectivity index (χ2v) is 6.86. The van der Waals surface area contributed by atoms with Gasteiger partial charge >= 0.3 is 0 Å². The van der Waals surface area contributed by atoms with Crippen molar-refractivity contribution in [2.45, 2.75) is 26.4 Å². The van der Waals surface area contributed by atoms with Crippen LogP contribution in [0, 0.1) is 12.7 Å². The zero-order valence-corrected chi connectivity index (χ0v) is 15.8. The molecule has 4 rings (SSSR count). The number of fused-ring (bicyclic) bond motifs is 1. The van der Waals surface area contributed by atoms with Crippen LogP contribution in [0.2, 0.25) is 0 Å². The van der Waals surface area contributed by atoms with Gasteiger partial charge in [0.2, 0.25) is 5.95 Å². The molecule has 0 saturated heterocycles. The lowest BCUT2D eigenvalue weighted by Crippen LogP contribution is -2.36. The van der Waals surface area contributed by atoms with E-state index in [9.17, 15) is 9.18 Å². The maximum Gasteiger partial charge on any atom is 0.254 e. The van der Waals surface area contributed by atoms with E-state index in [2.05, 4.69) is 20.4 Å². The summed E-state index contributed by atoms with van der Waals surface area (Å²) >= 11 is 0. The summed E-state index contributed by atoms with van der Waals surface area (Å²) in [6.07, 6.45) is 4.07. The molecule has 3 aromatic rings. The molecule has 2 aromatic heterocycles. The SMILES string of the molecule is Cc1ccc(C(=O)N2CCc3c(CNc4ncccn4)nn(C)c3C2)cc1F. The van der Waals surface area contributed by atoms with Crippen molar-refractivity contribution in [3.8, 4) is 0 Å². The van der Waals surface area contributed by atoms with Gasteiger partial charge < -0.3 is 10.2 Å². The number of aromatic nitrogens is 4. The zero-order chi connectivity index (χ0) is 19.7. The Morgan fingerprint density at radius 2 is 2.07 bits per heavy atom. The predicted molar refractivity (Wildman–Crippen MR) is 102 cm³/mol. The van der Waals surface area contributed by atoms with E-state index in [0.29, 0.717) is 43.1 Å². The molecule has 0 spiro atoms. The highest BCUT2D eigenvalue weighted by atomic mass is 19.1. The number of benzene rings is 1. The number of amides is 1. The number of hydrogen-bond donors (Lipinski definition) is 1. The number of anilines is 1. The lowest BCUT2D eigenvalue weighted by Gasteiger charge is -2.28. The third-order valence-corrected chi connectivity index (χ3v) is 5.02. The molecule has 0 radical (unpaired) electrons. The lowest BCUT2D eigenvalue weighted by atomic mass is 10.0. The predicted octanol–water partition coefficient (Wildman–Crippen LogP) is 2.47. The van der Waals surface area contributed by atoms with Gasteiger partial charge in [-0.1, -0.05) is 6.07 Å². The van der Waals surface area contributed by atoms with E-state index in [1.807, 2.05) is 11.7 Å². The van der Waals surface area contributed by atoms with Crippen molar-refractivity contribution in [2.24, 2.45) is 7.05 Å². The topological polar surface area (TPSA) is 75.9 Å². The van der Waals surface area contributed by atoms with Gasteiger partial charge in [-0.25, -0.2) is 14.4 Å². The Kier molecular flexibility index (Phi) is 4.77. The van der Waals surface area contributed by atoms with Gasteiger partial charge in [0.05, 0.1) is 24.5 Å². The number of nitrogens with zero attached hydrogens (tertiary/aromatic N) is 5. The number of carbonyl (C=O) groups is 1. The van der Waals surface area contributed by atoms with Gasteiger partial charge in [-0.3, -0.25) is 9.48 Å². The van der Waals surface area contributed by atoms with Crippen LogP contribution in [0.25, 0.3) is 0 Å². The highest BCUT2D eigenvalue weighted by Crippen LogP contribution is 2.24. The molecule has 1 aliphatic rings. The zero-order valence-electron chi connectivity index (χ0n) is 15.8. The van der Waals surface area contributed by atoms with Gasteiger partial charge in [0, 0.05) is 37.1 Å². The van der Waals surface area contributed by atoms with Crippen molar-refractivity contribution in [3.05, 3.63) is 70.6 Å². The first-order valence-electron chi connectivity index (χ1n) is 9.13. The summed E-state index contributed by atoms with van der Waals surface area (Å²) in [5.74, 6) is 0.0274. The summed E-state index contributed by atoms with van der Waals surface area (Å²) in [5.41, 5.74) is 3.97. The fourth-order valence-corrected chi connectivity index (χ4v) is 3.43. The third kappa shape index (κ3) is 3.45. The van der Waals surface area contributed by atoms with E-state index in [4.69, 9.17) is 0 Å². The Hall–Kier alpha value is -3.29. The van der Waals surface area contributed by atoms with Crippen LogP contribution in [-0.2, 0) is 26.6 Å². The van der Waals surface area contributed by atoms with E-state index >= 15 is 0 Å². The first kappa shape index (κ1) is 18.1. The monoisotopic (exact) mass is 380 g/mol. The van der Waals surface area contributed by atoms with Crippen LogP contribution in [0.3, 0.4) is 0 Å². The molecule has 1 N–H and O–H groups in total. The number of aryl methyl sites for hydroxylation is 2. The van der Waals surface area contributed by atoms with Crippen molar-refractivity contribution in [2.75, 3.05) is 11.9 Å². The number of rotatable bonds is 4. The fourth-order valence-electron chi connectivity index (χ4n) is 3.43. The van der Waals surface area contributed by atoms with Crippen molar-refractivity contribution in [1.29, 1.82) is 0 Å². The van der Waals surface area contributed by atoms with Gasteiger partial charge in [0.1, 0.15) is 5.82 Å². The Labute approximate surface area is 162 Å². The van der Waals surface area contributed by atoms with Crippen LogP contribution >= 0.6 is 0 Å². The standard InChI is InChI=1S/C20H21FN6O/c1-13-4-5-14(10-16(13)21)19(28)27-9-6-15-17(25-26(2)18(15)12-27)11-24-20-22-7-3-8-23-20/h3-5,7-8,10H,6,9,11-12H2,1-2H3,(H,22,23,24). The molecule has 0 aliphatic carbocycles. The van der Waals surface area contributed by atoms with Crippen molar-refractivity contribution in [1.82, 2.24) is 24.6 Å². The van der Waals surface area contributed by atoms with Crippen LogP contribution in [0.15, 0.2) is 36.7 Å². The Morgan fingerprint density at radius 1 is 1.29 bits per heavy atom. The van der Waals surface area contributed by atoms with Gasteiger partial charge in [-0.2, -0.15) is 5.10 Å². The molecule has 1 aliphatic heterocycles. The molecule has 0 unspecified atom stereocenters. The average molecular weight is 380 g/mol. The number of nitrogens with one attached hydrogen (secondary N) is 1. The molecule has 0 bridgehead atoms. The maximum absolute atomic E-state index is 13.8. The summed E-state index contributed by atoms with van der Waals surface area (Å²) in [6, 6.07) is 6.39. The quantitative estimate of drug-likeness (QED) is 0.753. The number of halogens is 1. The van der Waals surface area contributed by atoms with Crippen LogP contribution in [0.4, 0.5) is 10.3 Å². The maximum atomic E-state index is 13.8. The van der Waals surface area contributed by atoms with E-state index in [1.165, 1.54) is 6.07 Å². The molecule has 7 nitrogen and oxygen atoms in total. The summed E-state index contributed by atoms with van der Waals surface area (Å²) in [5, 5.41) is 7.78. The van der Waals surface area contributed by atoms with E-state index in [-0.39, 0.29) is 11.7 Å². The first-order valence-corrected chi connectivity index (χ1v) is 9.13. The van der Waals surface area contributed by atoms with Crippen LogP contribution in [0.5, 0.6) is 0 Å². The number of carbonyl (C=O) groups excluding carboxylic acids is 1. The van der Waals surface area contributed by atoms with E-state index in [1.54, 1.807) is 42.4 Å². The van der Waals surface area contributed by atoms with E-state index < -0.39 is 0 Å². The summed E-state index contributed by atoms with van der Waals surface area (Å²) in [6.45, 7) is 3.23. The molecule has 8 heteroatoms. The highest BCUT2D eigenvalue weighted by molar-refractivity contribution is 5.94. The molecular formula is C20H21FN6O. The highest BCUT2D eigenvalue weighted by Gasteiger charge is 2.27. The Bertz CT molecular complexity index is 1020. The minimum Gasteiger partial charge on any atom is -0.348 e. The lowest BCUT2D eigenvalue weighted by molar-refractivity contribution is 0.0729. The molecular weight excluding hydrogens is 359 g/mol. The minimum atomic E-state index is -0.361. The smallest absolute Gasteiger partial charge is 0.254 e.